The molecule has 1 atom stereocenters. The van der Waals surface area contributed by atoms with Crippen LogP contribution in [0.15, 0.2) is 54.7 Å². The van der Waals surface area contributed by atoms with E-state index in [0.717, 1.165) is 16.5 Å². The summed E-state index contributed by atoms with van der Waals surface area (Å²) >= 11 is 0. The predicted molar refractivity (Wildman–Crippen MR) is 108 cm³/mol. The maximum absolute atomic E-state index is 12.9. The van der Waals surface area contributed by atoms with E-state index in [1.165, 1.54) is 0 Å². The van der Waals surface area contributed by atoms with Crippen molar-refractivity contribution in [1.29, 1.82) is 0 Å². The first kappa shape index (κ1) is 19.4. The lowest BCUT2D eigenvalue weighted by Gasteiger charge is -2.23. The van der Waals surface area contributed by atoms with E-state index in [2.05, 4.69) is 20.8 Å². The molecule has 1 heterocycles. The van der Waals surface area contributed by atoms with Gasteiger partial charge >= 0.3 is 6.09 Å². The molecule has 7 heteroatoms. The van der Waals surface area contributed by atoms with E-state index in [-0.39, 0.29) is 5.91 Å². The smallest absolute Gasteiger partial charge is 0.408 e. The van der Waals surface area contributed by atoms with Gasteiger partial charge in [-0.2, -0.15) is 5.10 Å². The topological polar surface area (TPSA) is 96.1 Å². The normalized spacial score (nSPS) is 12.4. The first-order valence-electron chi connectivity index (χ1n) is 9.07. The number of nitrogens with zero attached hydrogens (tertiary/aromatic N) is 1. The average molecular weight is 380 g/mol. The molecule has 0 saturated carbocycles. The number of fused-ring (bicyclic) bond motifs is 1. The van der Waals surface area contributed by atoms with Gasteiger partial charge in [0.15, 0.2) is 0 Å². The van der Waals surface area contributed by atoms with Gasteiger partial charge < -0.3 is 15.4 Å². The zero-order valence-electron chi connectivity index (χ0n) is 16.2. The van der Waals surface area contributed by atoms with Crippen molar-refractivity contribution in [3.05, 3.63) is 60.3 Å². The maximum atomic E-state index is 12.9. The van der Waals surface area contributed by atoms with Crippen LogP contribution in [0.2, 0.25) is 0 Å². The van der Waals surface area contributed by atoms with Crippen molar-refractivity contribution in [1.82, 2.24) is 15.5 Å². The van der Waals surface area contributed by atoms with Crippen LogP contribution in [-0.4, -0.2) is 33.8 Å². The van der Waals surface area contributed by atoms with Gasteiger partial charge in [-0.1, -0.05) is 30.3 Å². The number of benzene rings is 2. The third-order valence-electron chi connectivity index (χ3n) is 4.00. The number of amides is 2. The van der Waals surface area contributed by atoms with E-state index in [4.69, 9.17) is 4.74 Å². The fourth-order valence-electron chi connectivity index (χ4n) is 2.75. The Kier molecular flexibility index (Phi) is 5.63. The number of alkyl carbamates (subject to hydrolysis) is 1. The highest BCUT2D eigenvalue weighted by Gasteiger charge is 2.25. The van der Waals surface area contributed by atoms with E-state index in [1.54, 1.807) is 39.1 Å². The van der Waals surface area contributed by atoms with E-state index in [0.29, 0.717) is 12.1 Å². The lowest BCUT2D eigenvalue weighted by Crippen LogP contribution is -2.47. The summed E-state index contributed by atoms with van der Waals surface area (Å²) in [6.07, 6.45) is 1.43. The van der Waals surface area contributed by atoms with Crippen LogP contribution in [0.25, 0.3) is 10.9 Å². The molecule has 3 N–H and O–H groups in total. The summed E-state index contributed by atoms with van der Waals surface area (Å²) < 4.78 is 5.31. The van der Waals surface area contributed by atoms with E-state index in [9.17, 15) is 9.59 Å². The number of nitrogens with one attached hydrogen (secondary N) is 3. The van der Waals surface area contributed by atoms with Gasteiger partial charge in [-0.15, -0.1) is 0 Å². The van der Waals surface area contributed by atoms with Crippen LogP contribution in [0.1, 0.15) is 26.3 Å². The molecular formula is C21H24N4O3. The Bertz CT molecular complexity index is 960. The van der Waals surface area contributed by atoms with Crippen LogP contribution in [-0.2, 0) is 16.0 Å². The molecule has 0 bridgehead atoms. The quantitative estimate of drug-likeness (QED) is 0.630. The fraction of sp³-hybridized carbons (Fsp3) is 0.286. The van der Waals surface area contributed by atoms with Crippen LogP contribution in [0.4, 0.5) is 10.5 Å². The summed E-state index contributed by atoms with van der Waals surface area (Å²) in [4.78, 5) is 25.1. The highest BCUT2D eigenvalue weighted by molar-refractivity contribution is 5.98. The van der Waals surface area contributed by atoms with Gasteiger partial charge in [0.05, 0.1) is 11.7 Å². The van der Waals surface area contributed by atoms with Crippen molar-refractivity contribution >= 4 is 28.6 Å². The van der Waals surface area contributed by atoms with E-state index < -0.39 is 17.7 Å². The van der Waals surface area contributed by atoms with Gasteiger partial charge in [0.25, 0.3) is 0 Å². The molecule has 3 aromatic rings. The predicted octanol–water partition coefficient (Wildman–Crippen LogP) is 3.64. The minimum atomic E-state index is -0.783. The first-order valence-corrected chi connectivity index (χ1v) is 9.07. The Balaban J connectivity index is 1.75. The molecule has 0 aliphatic heterocycles. The maximum Gasteiger partial charge on any atom is 0.408 e. The number of hydrogen-bond donors (Lipinski definition) is 3. The highest BCUT2D eigenvalue weighted by Crippen LogP contribution is 2.17. The number of anilines is 1. The standard InChI is InChI=1S/C21H24N4O3/c1-21(2,3)28-20(27)24-18(11-14-7-5-4-6-8-14)19(26)23-16-10-9-15-13-22-25-17(15)12-16/h4-10,12-13,18H,11H2,1-3H3,(H,22,25)(H,23,26)(H,24,27)/t18-/m0/s1. The van der Waals surface area contributed by atoms with E-state index >= 15 is 0 Å². The summed E-state index contributed by atoms with van der Waals surface area (Å²) in [5, 5.41) is 13.3. The zero-order chi connectivity index (χ0) is 20.1. The minimum absolute atomic E-state index is 0.325. The lowest BCUT2D eigenvalue weighted by molar-refractivity contribution is -0.118. The van der Waals surface area contributed by atoms with Gasteiger partial charge in [-0.05, 0) is 44.5 Å². The molecular weight excluding hydrogens is 356 g/mol. The fourth-order valence-corrected chi connectivity index (χ4v) is 2.75. The number of aromatic nitrogens is 2. The molecule has 0 spiro atoms. The van der Waals surface area contributed by atoms with Gasteiger partial charge in [-0.3, -0.25) is 9.89 Å². The van der Waals surface area contributed by atoms with Crippen LogP contribution in [0.3, 0.4) is 0 Å². The molecule has 0 unspecified atom stereocenters. The molecule has 0 aliphatic carbocycles. The van der Waals surface area contributed by atoms with Crippen molar-refractivity contribution in [2.24, 2.45) is 0 Å². The Morgan fingerprint density at radius 2 is 1.89 bits per heavy atom. The Labute approximate surface area is 163 Å². The van der Waals surface area contributed by atoms with Crippen molar-refractivity contribution < 1.29 is 14.3 Å². The van der Waals surface area contributed by atoms with Crippen LogP contribution < -0.4 is 10.6 Å². The largest absolute Gasteiger partial charge is 0.444 e. The highest BCUT2D eigenvalue weighted by atomic mass is 16.6. The number of hydrogen-bond acceptors (Lipinski definition) is 4. The van der Waals surface area contributed by atoms with Crippen molar-refractivity contribution in [2.75, 3.05) is 5.32 Å². The summed E-state index contributed by atoms with van der Waals surface area (Å²) in [6, 6.07) is 14.2. The minimum Gasteiger partial charge on any atom is -0.444 e. The van der Waals surface area contributed by atoms with Gasteiger partial charge in [0, 0.05) is 17.5 Å². The lowest BCUT2D eigenvalue weighted by atomic mass is 10.1. The summed E-state index contributed by atoms with van der Waals surface area (Å²) in [5.74, 6) is -0.325. The third-order valence-corrected chi connectivity index (χ3v) is 4.00. The molecule has 0 aliphatic rings. The monoisotopic (exact) mass is 380 g/mol. The molecule has 0 radical (unpaired) electrons. The van der Waals surface area contributed by atoms with Crippen molar-refractivity contribution in [2.45, 2.75) is 38.8 Å². The summed E-state index contributed by atoms with van der Waals surface area (Å²) in [5.41, 5.74) is 1.72. The van der Waals surface area contributed by atoms with E-state index in [1.807, 2.05) is 36.4 Å². The van der Waals surface area contributed by atoms with Gasteiger partial charge in [-0.25, -0.2) is 4.79 Å². The molecule has 28 heavy (non-hydrogen) atoms. The molecule has 0 fully saturated rings. The number of carbonyl (C=O) groups excluding carboxylic acids is 2. The molecule has 2 amide bonds. The second-order valence-corrected chi connectivity index (χ2v) is 7.55. The molecule has 3 rings (SSSR count). The average Bonchev–Trinajstić information content (AvgIpc) is 3.08. The molecule has 146 valence electrons. The number of carbonyl (C=O) groups is 2. The molecule has 7 nitrogen and oxygen atoms in total. The van der Waals surface area contributed by atoms with Crippen LogP contribution >= 0.6 is 0 Å². The number of ether oxygens (including phenoxy) is 1. The Hall–Kier alpha value is -3.35. The summed E-state index contributed by atoms with van der Waals surface area (Å²) in [6.45, 7) is 5.33. The first-order chi connectivity index (χ1) is 13.3. The third kappa shape index (κ3) is 5.33. The van der Waals surface area contributed by atoms with Gasteiger partial charge in [0.2, 0.25) is 5.91 Å². The second-order valence-electron chi connectivity index (χ2n) is 7.55. The summed E-state index contributed by atoms with van der Waals surface area (Å²) in [7, 11) is 0. The van der Waals surface area contributed by atoms with Gasteiger partial charge in [0.1, 0.15) is 11.6 Å². The van der Waals surface area contributed by atoms with Crippen LogP contribution in [0.5, 0.6) is 0 Å². The molecule has 1 aromatic heterocycles. The zero-order valence-corrected chi connectivity index (χ0v) is 16.2. The molecule has 2 aromatic carbocycles. The Morgan fingerprint density at radius 3 is 2.61 bits per heavy atom. The van der Waals surface area contributed by atoms with Crippen LogP contribution in [0, 0.1) is 0 Å². The Morgan fingerprint density at radius 1 is 1.14 bits per heavy atom. The van der Waals surface area contributed by atoms with Crippen molar-refractivity contribution in [3.63, 3.8) is 0 Å². The number of rotatable bonds is 5. The number of aromatic amines is 1. The number of H-pyrrole nitrogens is 1. The molecule has 0 saturated heterocycles. The SMILES string of the molecule is CC(C)(C)OC(=O)N[C@@H](Cc1ccccc1)C(=O)Nc1ccc2cn[nH]c2c1. The second kappa shape index (κ2) is 8.12. The van der Waals surface area contributed by atoms with Crippen molar-refractivity contribution in [3.8, 4) is 0 Å².